The van der Waals surface area contributed by atoms with Gasteiger partial charge in [0, 0.05) is 31.7 Å². The summed E-state index contributed by atoms with van der Waals surface area (Å²) < 4.78 is 0. The summed E-state index contributed by atoms with van der Waals surface area (Å²) in [6, 6.07) is 1.18. The molecule has 84 valence electrons. The monoisotopic (exact) mass is 208 g/mol. The normalized spacial score (nSPS) is 39.9. The highest BCUT2D eigenvalue weighted by Gasteiger charge is 2.39. The van der Waals surface area contributed by atoms with E-state index in [1.807, 2.05) is 0 Å². The van der Waals surface area contributed by atoms with E-state index in [0.29, 0.717) is 12.1 Å². The first-order valence-electron chi connectivity index (χ1n) is 6.15. The Balaban J connectivity index is 1.71. The van der Waals surface area contributed by atoms with Gasteiger partial charge in [-0.25, -0.2) is 0 Å². The number of rotatable bonds is 1. The first kappa shape index (κ1) is 9.46. The molecule has 4 heteroatoms. The van der Waals surface area contributed by atoms with Crippen molar-refractivity contribution < 1.29 is 0 Å². The fourth-order valence-corrected chi connectivity index (χ4v) is 3.10. The fourth-order valence-electron chi connectivity index (χ4n) is 3.10. The molecule has 1 atom stereocenters. The van der Waals surface area contributed by atoms with E-state index in [4.69, 9.17) is 5.73 Å². The molecule has 2 fully saturated rings. The first-order chi connectivity index (χ1) is 7.34. The maximum Gasteiger partial charge on any atom is 0.194 e. The van der Waals surface area contributed by atoms with E-state index in [1.165, 1.54) is 32.2 Å². The maximum absolute atomic E-state index is 5.88. The lowest BCUT2D eigenvalue weighted by Gasteiger charge is -2.48. The molecular formula is C11H20N4. The van der Waals surface area contributed by atoms with E-state index in [9.17, 15) is 0 Å². The van der Waals surface area contributed by atoms with E-state index >= 15 is 0 Å². The molecule has 2 aliphatic heterocycles. The minimum atomic E-state index is 0.468. The average molecular weight is 208 g/mol. The molecule has 0 aromatic rings. The molecule has 0 spiro atoms. The molecule has 2 heterocycles. The van der Waals surface area contributed by atoms with Crippen molar-refractivity contribution in [2.75, 3.05) is 19.6 Å². The third-order valence-corrected chi connectivity index (χ3v) is 3.97. The van der Waals surface area contributed by atoms with Crippen molar-refractivity contribution in [3.05, 3.63) is 0 Å². The predicted octanol–water partition coefficient (Wildman–Crippen LogP) is 0.147. The highest BCUT2D eigenvalue weighted by molar-refractivity contribution is 5.81. The molecule has 1 unspecified atom stereocenters. The lowest BCUT2D eigenvalue weighted by molar-refractivity contribution is 0.112. The Bertz CT molecular complexity index is 270. The van der Waals surface area contributed by atoms with Crippen LogP contribution in [0.1, 0.15) is 25.7 Å². The predicted molar refractivity (Wildman–Crippen MR) is 60.7 cm³/mol. The summed E-state index contributed by atoms with van der Waals surface area (Å²) in [6.45, 7) is 3.27. The van der Waals surface area contributed by atoms with Gasteiger partial charge in [0.1, 0.15) is 0 Å². The number of aliphatic imine (C=N–C) groups is 1. The zero-order valence-corrected chi connectivity index (χ0v) is 9.15. The van der Waals surface area contributed by atoms with E-state index in [1.54, 1.807) is 0 Å². The highest BCUT2D eigenvalue weighted by Crippen LogP contribution is 2.34. The topological polar surface area (TPSA) is 53.6 Å². The summed E-state index contributed by atoms with van der Waals surface area (Å²) in [5, 5.41) is 3.41. The number of guanidine groups is 1. The summed E-state index contributed by atoms with van der Waals surface area (Å²) in [6.07, 6.45) is 4.90. The van der Waals surface area contributed by atoms with Crippen LogP contribution in [0.15, 0.2) is 4.99 Å². The maximum atomic E-state index is 5.88. The zero-order chi connectivity index (χ0) is 10.3. The van der Waals surface area contributed by atoms with Gasteiger partial charge in [-0.2, -0.15) is 0 Å². The van der Waals surface area contributed by atoms with Crippen molar-refractivity contribution in [1.82, 2.24) is 10.2 Å². The van der Waals surface area contributed by atoms with Crippen molar-refractivity contribution in [3.63, 3.8) is 0 Å². The quantitative estimate of drug-likeness (QED) is 0.645. The molecule has 15 heavy (non-hydrogen) atoms. The van der Waals surface area contributed by atoms with Gasteiger partial charge in [0.25, 0.3) is 0 Å². The zero-order valence-electron chi connectivity index (χ0n) is 9.15. The molecule has 1 saturated heterocycles. The van der Waals surface area contributed by atoms with Crippen LogP contribution in [0.3, 0.4) is 0 Å². The van der Waals surface area contributed by atoms with Gasteiger partial charge < -0.3 is 16.0 Å². The Morgan fingerprint density at radius 3 is 3.07 bits per heavy atom. The largest absolute Gasteiger partial charge is 0.356 e. The molecule has 0 bridgehead atoms. The Morgan fingerprint density at radius 1 is 1.40 bits per heavy atom. The summed E-state index contributed by atoms with van der Waals surface area (Å²) in [5.74, 6) is 1.98. The number of nitrogens with one attached hydrogen (secondary N) is 1. The van der Waals surface area contributed by atoms with E-state index < -0.39 is 0 Å². The van der Waals surface area contributed by atoms with Gasteiger partial charge in [-0.1, -0.05) is 0 Å². The van der Waals surface area contributed by atoms with Crippen molar-refractivity contribution in [3.8, 4) is 0 Å². The van der Waals surface area contributed by atoms with Crippen molar-refractivity contribution >= 4 is 5.96 Å². The lowest BCUT2D eigenvalue weighted by atomic mass is 9.74. The molecule has 0 aromatic carbocycles. The van der Waals surface area contributed by atoms with Crippen molar-refractivity contribution in [2.24, 2.45) is 16.6 Å². The second-order valence-electron chi connectivity index (χ2n) is 5.03. The molecule has 3 aliphatic rings. The number of nitrogens with zero attached hydrogens (tertiary/aromatic N) is 2. The smallest absolute Gasteiger partial charge is 0.194 e. The van der Waals surface area contributed by atoms with Crippen LogP contribution < -0.4 is 11.1 Å². The number of hydrogen-bond donors (Lipinski definition) is 2. The molecule has 1 aliphatic carbocycles. The van der Waals surface area contributed by atoms with Gasteiger partial charge in [0.2, 0.25) is 0 Å². The SMILES string of the molecule is NC1CC(C2CCN=C3NCCCN32)C1. The summed E-state index contributed by atoms with van der Waals surface area (Å²) in [7, 11) is 0. The molecule has 1 saturated carbocycles. The average Bonchev–Trinajstić information content (AvgIpc) is 2.24. The molecular weight excluding hydrogens is 188 g/mol. The van der Waals surface area contributed by atoms with Gasteiger partial charge >= 0.3 is 0 Å². The van der Waals surface area contributed by atoms with E-state index in [-0.39, 0.29) is 0 Å². The number of nitrogens with two attached hydrogens (primary N) is 1. The first-order valence-corrected chi connectivity index (χ1v) is 6.15. The minimum absolute atomic E-state index is 0.468. The second-order valence-corrected chi connectivity index (χ2v) is 5.03. The summed E-state index contributed by atoms with van der Waals surface area (Å²) in [5.41, 5.74) is 5.88. The summed E-state index contributed by atoms with van der Waals surface area (Å²) in [4.78, 5) is 7.05. The molecule has 0 amide bonds. The van der Waals surface area contributed by atoms with Crippen LogP contribution in [-0.2, 0) is 0 Å². The molecule has 3 rings (SSSR count). The van der Waals surface area contributed by atoms with Crippen LogP contribution in [0, 0.1) is 5.92 Å². The van der Waals surface area contributed by atoms with E-state index in [0.717, 1.165) is 25.0 Å². The van der Waals surface area contributed by atoms with Gasteiger partial charge in [0.05, 0.1) is 0 Å². The molecule has 3 N–H and O–H groups in total. The van der Waals surface area contributed by atoms with Crippen LogP contribution in [0.5, 0.6) is 0 Å². The van der Waals surface area contributed by atoms with Crippen molar-refractivity contribution in [1.29, 1.82) is 0 Å². The summed E-state index contributed by atoms with van der Waals surface area (Å²) >= 11 is 0. The van der Waals surface area contributed by atoms with Gasteiger partial charge in [0.15, 0.2) is 5.96 Å². The Morgan fingerprint density at radius 2 is 2.27 bits per heavy atom. The third kappa shape index (κ3) is 1.61. The van der Waals surface area contributed by atoms with Gasteiger partial charge in [-0.05, 0) is 31.6 Å². The fraction of sp³-hybridized carbons (Fsp3) is 0.909. The van der Waals surface area contributed by atoms with E-state index in [2.05, 4.69) is 15.2 Å². The molecule has 4 nitrogen and oxygen atoms in total. The van der Waals surface area contributed by atoms with Crippen LogP contribution in [-0.4, -0.2) is 42.6 Å². The van der Waals surface area contributed by atoms with Crippen LogP contribution in [0.25, 0.3) is 0 Å². The van der Waals surface area contributed by atoms with Crippen LogP contribution >= 0.6 is 0 Å². The molecule has 0 radical (unpaired) electrons. The lowest BCUT2D eigenvalue weighted by Crippen LogP contribution is -2.59. The Labute approximate surface area is 90.9 Å². The third-order valence-electron chi connectivity index (χ3n) is 3.97. The van der Waals surface area contributed by atoms with Crippen LogP contribution in [0.4, 0.5) is 0 Å². The second kappa shape index (κ2) is 3.67. The highest BCUT2D eigenvalue weighted by atomic mass is 15.3. The van der Waals surface area contributed by atoms with Gasteiger partial charge in [-0.15, -0.1) is 0 Å². The standard InChI is InChI=1S/C11H20N4/c12-9-6-8(7-9)10-2-4-14-11-13-3-1-5-15(10)11/h8-10H,1-7,12H2,(H,13,14). The van der Waals surface area contributed by atoms with Crippen LogP contribution in [0.2, 0.25) is 0 Å². The van der Waals surface area contributed by atoms with Crippen molar-refractivity contribution in [2.45, 2.75) is 37.8 Å². The Kier molecular flexibility index (Phi) is 2.31. The number of hydrogen-bond acceptors (Lipinski definition) is 4. The Hall–Kier alpha value is -0.770. The minimum Gasteiger partial charge on any atom is -0.356 e. The number of fused-ring (bicyclic) bond motifs is 1. The van der Waals surface area contributed by atoms with Gasteiger partial charge in [-0.3, -0.25) is 4.99 Å². The molecule has 0 aromatic heterocycles.